The van der Waals surface area contributed by atoms with E-state index in [-0.39, 0.29) is 0 Å². The first kappa shape index (κ1) is 13.5. The number of carbonyl (C=O) groups is 1. The molecule has 3 rings (SSSR count). The molecule has 1 aromatic rings. The number of nitrogens with one attached hydrogen (secondary N) is 1. The quantitative estimate of drug-likeness (QED) is 0.892. The minimum Gasteiger partial charge on any atom is -0.384 e. The number of para-hydroxylation sites is 1. The first-order valence-corrected chi connectivity index (χ1v) is 7.77. The fourth-order valence-corrected chi connectivity index (χ4v) is 3.10. The van der Waals surface area contributed by atoms with Crippen LogP contribution in [0.1, 0.15) is 44.6 Å². The van der Waals surface area contributed by atoms with Crippen LogP contribution in [0, 0.1) is 5.92 Å². The molecule has 2 aliphatic rings. The molecule has 20 heavy (non-hydrogen) atoms. The van der Waals surface area contributed by atoms with Gasteiger partial charge in [-0.3, -0.25) is 4.79 Å². The van der Waals surface area contributed by atoms with Gasteiger partial charge in [-0.25, -0.2) is 0 Å². The van der Waals surface area contributed by atoms with Crippen LogP contribution < -0.4 is 5.32 Å². The van der Waals surface area contributed by atoms with E-state index in [4.69, 9.17) is 0 Å². The average molecular weight is 272 g/mol. The number of hydrogen-bond donors (Lipinski definition) is 1. The number of fused-ring (bicyclic) bond motifs is 1. The van der Waals surface area contributed by atoms with Gasteiger partial charge < -0.3 is 10.2 Å². The van der Waals surface area contributed by atoms with E-state index in [0.717, 1.165) is 13.1 Å². The number of hydrogen-bond acceptors (Lipinski definition) is 2. The van der Waals surface area contributed by atoms with Crippen molar-refractivity contribution in [2.45, 2.75) is 45.1 Å². The molecule has 0 bridgehead atoms. The number of benzene rings is 1. The minimum absolute atomic E-state index is 0.338. The van der Waals surface area contributed by atoms with Gasteiger partial charge in [-0.2, -0.15) is 0 Å². The summed E-state index contributed by atoms with van der Waals surface area (Å²) in [6.45, 7) is 6.18. The highest BCUT2D eigenvalue weighted by Gasteiger charge is 2.34. The minimum atomic E-state index is 0.338. The van der Waals surface area contributed by atoms with Crippen LogP contribution in [0.2, 0.25) is 0 Å². The highest BCUT2D eigenvalue weighted by atomic mass is 16.2. The molecular weight excluding hydrogens is 248 g/mol. The lowest BCUT2D eigenvalue weighted by molar-refractivity contribution is -0.132. The van der Waals surface area contributed by atoms with Crippen LogP contribution in [-0.2, 0) is 4.79 Å². The van der Waals surface area contributed by atoms with E-state index in [1.807, 2.05) is 6.07 Å². The maximum absolute atomic E-state index is 12.6. The number of amides is 1. The van der Waals surface area contributed by atoms with Crippen LogP contribution >= 0.6 is 0 Å². The SMILES string of the molecule is CC(C)CN(C(=O)CC1CNc2ccccc21)C1CC1. The van der Waals surface area contributed by atoms with Gasteiger partial charge in [0.25, 0.3) is 0 Å². The van der Waals surface area contributed by atoms with E-state index < -0.39 is 0 Å². The van der Waals surface area contributed by atoms with Gasteiger partial charge in [0, 0.05) is 37.2 Å². The number of carbonyl (C=O) groups excluding carboxylic acids is 1. The zero-order valence-electron chi connectivity index (χ0n) is 12.4. The molecule has 1 heterocycles. The van der Waals surface area contributed by atoms with Crippen molar-refractivity contribution < 1.29 is 4.79 Å². The normalized spacial score (nSPS) is 20.6. The van der Waals surface area contributed by atoms with Gasteiger partial charge in [0.1, 0.15) is 0 Å². The third-order valence-electron chi connectivity index (χ3n) is 4.23. The van der Waals surface area contributed by atoms with Gasteiger partial charge in [0.05, 0.1) is 0 Å². The van der Waals surface area contributed by atoms with Crippen molar-refractivity contribution in [2.24, 2.45) is 5.92 Å². The average Bonchev–Trinajstić information content (AvgIpc) is 3.19. The van der Waals surface area contributed by atoms with Crippen molar-refractivity contribution in [3.05, 3.63) is 29.8 Å². The summed E-state index contributed by atoms with van der Waals surface area (Å²) in [5, 5.41) is 3.41. The zero-order chi connectivity index (χ0) is 14.1. The van der Waals surface area contributed by atoms with Gasteiger partial charge in [0.2, 0.25) is 5.91 Å². The summed E-state index contributed by atoms with van der Waals surface area (Å²) in [5.74, 6) is 1.23. The van der Waals surface area contributed by atoms with Gasteiger partial charge in [-0.05, 0) is 30.4 Å². The van der Waals surface area contributed by atoms with Crippen LogP contribution in [-0.4, -0.2) is 29.9 Å². The highest BCUT2D eigenvalue weighted by Crippen LogP contribution is 2.35. The third kappa shape index (κ3) is 2.82. The molecular formula is C17H24N2O. The van der Waals surface area contributed by atoms with Gasteiger partial charge >= 0.3 is 0 Å². The Bertz CT molecular complexity index is 494. The lowest BCUT2D eigenvalue weighted by Crippen LogP contribution is -2.37. The number of anilines is 1. The van der Waals surface area contributed by atoms with E-state index >= 15 is 0 Å². The van der Waals surface area contributed by atoms with Gasteiger partial charge in [-0.1, -0.05) is 32.0 Å². The van der Waals surface area contributed by atoms with Crippen molar-refractivity contribution >= 4 is 11.6 Å². The summed E-state index contributed by atoms with van der Waals surface area (Å²) < 4.78 is 0. The smallest absolute Gasteiger partial charge is 0.223 e. The predicted octanol–water partition coefficient (Wildman–Crippen LogP) is 3.23. The second-order valence-electron chi connectivity index (χ2n) is 6.54. The second kappa shape index (κ2) is 5.47. The molecule has 1 aliphatic heterocycles. The molecule has 1 fully saturated rings. The summed E-state index contributed by atoms with van der Waals surface area (Å²) >= 11 is 0. The highest BCUT2D eigenvalue weighted by molar-refractivity contribution is 5.79. The Hall–Kier alpha value is -1.51. The van der Waals surface area contributed by atoms with Crippen molar-refractivity contribution in [1.29, 1.82) is 0 Å². The molecule has 1 aromatic carbocycles. The molecule has 0 aromatic heterocycles. The number of nitrogens with zero attached hydrogens (tertiary/aromatic N) is 1. The molecule has 1 N–H and O–H groups in total. The second-order valence-corrected chi connectivity index (χ2v) is 6.54. The molecule has 1 saturated carbocycles. The van der Waals surface area contributed by atoms with Crippen LogP contribution in [0.4, 0.5) is 5.69 Å². The largest absolute Gasteiger partial charge is 0.384 e. The van der Waals surface area contributed by atoms with Crippen molar-refractivity contribution in [2.75, 3.05) is 18.4 Å². The summed E-state index contributed by atoms with van der Waals surface area (Å²) in [5.41, 5.74) is 2.51. The zero-order valence-corrected chi connectivity index (χ0v) is 12.4. The molecule has 0 spiro atoms. The first-order valence-electron chi connectivity index (χ1n) is 7.77. The summed E-state index contributed by atoms with van der Waals surface area (Å²) in [7, 11) is 0. The Balaban J connectivity index is 1.67. The Kier molecular flexibility index (Phi) is 3.68. The molecule has 108 valence electrons. The topological polar surface area (TPSA) is 32.3 Å². The fourth-order valence-electron chi connectivity index (χ4n) is 3.10. The predicted molar refractivity (Wildman–Crippen MR) is 81.9 cm³/mol. The van der Waals surface area contributed by atoms with Crippen molar-refractivity contribution in [3.8, 4) is 0 Å². The van der Waals surface area contributed by atoms with E-state index in [1.165, 1.54) is 24.1 Å². The van der Waals surface area contributed by atoms with E-state index in [0.29, 0.717) is 30.2 Å². The Morgan fingerprint density at radius 1 is 1.35 bits per heavy atom. The summed E-state index contributed by atoms with van der Waals surface area (Å²) in [6.07, 6.45) is 3.03. The molecule has 1 aliphatic carbocycles. The maximum Gasteiger partial charge on any atom is 0.223 e. The third-order valence-corrected chi connectivity index (χ3v) is 4.23. The van der Waals surface area contributed by atoms with E-state index in [2.05, 4.69) is 42.3 Å². The maximum atomic E-state index is 12.6. The molecule has 3 heteroatoms. The van der Waals surface area contributed by atoms with Crippen molar-refractivity contribution in [3.63, 3.8) is 0 Å². The van der Waals surface area contributed by atoms with Crippen LogP contribution in [0.5, 0.6) is 0 Å². The Labute approximate surface area is 121 Å². The van der Waals surface area contributed by atoms with Crippen LogP contribution in [0.25, 0.3) is 0 Å². The van der Waals surface area contributed by atoms with E-state index in [1.54, 1.807) is 0 Å². The molecule has 0 saturated heterocycles. The molecule has 0 radical (unpaired) electrons. The monoisotopic (exact) mass is 272 g/mol. The Morgan fingerprint density at radius 2 is 2.10 bits per heavy atom. The standard InChI is InChI=1S/C17H24N2O/c1-12(2)11-19(14-7-8-14)17(20)9-13-10-18-16-6-4-3-5-15(13)16/h3-6,12-14,18H,7-11H2,1-2H3. The molecule has 1 unspecified atom stereocenters. The molecule has 3 nitrogen and oxygen atoms in total. The fraction of sp³-hybridized carbons (Fsp3) is 0.588. The molecule has 1 atom stereocenters. The lowest BCUT2D eigenvalue weighted by atomic mass is 9.97. The van der Waals surface area contributed by atoms with Gasteiger partial charge in [0.15, 0.2) is 0 Å². The number of rotatable bonds is 5. The molecule has 1 amide bonds. The summed E-state index contributed by atoms with van der Waals surface area (Å²) in [4.78, 5) is 14.8. The van der Waals surface area contributed by atoms with Gasteiger partial charge in [-0.15, -0.1) is 0 Å². The van der Waals surface area contributed by atoms with Crippen LogP contribution in [0.15, 0.2) is 24.3 Å². The first-order chi connectivity index (χ1) is 9.65. The van der Waals surface area contributed by atoms with Crippen molar-refractivity contribution in [1.82, 2.24) is 4.90 Å². The Morgan fingerprint density at radius 3 is 2.80 bits per heavy atom. The van der Waals surface area contributed by atoms with E-state index in [9.17, 15) is 4.79 Å². The van der Waals surface area contributed by atoms with Crippen LogP contribution in [0.3, 0.4) is 0 Å². The lowest BCUT2D eigenvalue weighted by Gasteiger charge is -2.25. The summed E-state index contributed by atoms with van der Waals surface area (Å²) in [6, 6.07) is 8.89.